The number of pyridine rings is 1. The summed E-state index contributed by atoms with van der Waals surface area (Å²) < 4.78 is 12.5. The molecule has 1 unspecified atom stereocenters. The van der Waals surface area contributed by atoms with E-state index in [1.165, 1.54) is 6.42 Å². The average Bonchev–Trinajstić information content (AvgIpc) is 3.18. The second-order valence-electron chi connectivity index (χ2n) is 10.1. The van der Waals surface area contributed by atoms with E-state index >= 15 is 0 Å². The molecule has 36 heavy (non-hydrogen) atoms. The van der Waals surface area contributed by atoms with E-state index in [1.54, 1.807) is 23.4 Å². The van der Waals surface area contributed by atoms with Crippen LogP contribution in [0, 0.1) is 0 Å². The number of hydrogen-bond acceptors (Lipinski definition) is 7. The number of hydrogen-bond donors (Lipinski definition) is 1. The molecule has 9 nitrogen and oxygen atoms in total. The van der Waals surface area contributed by atoms with Gasteiger partial charge in [0.1, 0.15) is 29.7 Å². The number of imide groups is 1. The number of amides is 3. The minimum Gasteiger partial charge on any atom is -0.489 e. The summed E-state index contributed by atoms with van der Waals surface area (Å²) in [5.74, 6) is 0.719. The van der Waals surface area contributed by atoms with Crippen LogP contribution >= 0.6 is 0 Å². The molecule has 2 aromatic rings. The number of likely N-dealkylation sites (tertiary alicyclic amines) is 1. The quantitative estimate of drug-likeness (QED) is 0.620. The maximum atomic E-state index is 13.0. The van der Waals surface area contributed by atoms with Gasteiger partial charge in [0.15, 0.2) is 0 Å². The molecule has 1 aromatic carbocycles. The Labute approximate surface area is 209 Å². The fourth-order valence-electron chi connectivity index (χ4n) is 5.86. The Hall–Kier alpha value is -3.46. The predicted octanol–water partition coefficient (Wildman–Crippen LogP) is 2.30. The smallest absolute Gasteiger partial charge is 0.255 e. The van der Waals surface area contributed by atoms with Crippen LogP contribution in [0.15, 0.2) is 42.7 Å². The number of carbonyl (C=O) groups excluding carboxylic acids is 3. The Balaban J connectivity index is 1.09. The molecular formula is C27H30N4O5. The van der Waals surface area contributed by atoms with Crippen LogP contribution in [0.1, 0.15) is 54.4 Å². The van der Waals surface area contributed by atoms with Gasteiger partial charge < -0.3 is 14.4 Å². The van der Waals surface area contributed by atoms with Crippen LogP contribution in [0.4, 0.5) is 0 Å². The molecule has 1 aromatic heterocycles. The van der Waals surface area contributed by atoms with E-state index in [1.807, 2.05) is 24.3 Å². The third kappa shape index (κ3) is 4.43. The van der Waals surface area contributed by atoms with Gasteiger partial charge in [0.05, 0.1) is 6.20 Å². The third-order valence-electron chi connectivity index (χ3n) is 7.73. The van der Waals surface area contributed by atoms with Gasteiger partial charge in [0.25, 0.3) is 5.91 Å². The molecule has 0 radical (unpaired) electrons. The maximum absolute atomic E-state index is 13.0. The number of piperidine rings is 1. The Bertz CT molecular complexity index is 1170. The third-order valence-corrected chi connectivity index (χ3v) is 7.73. The van der Waals surface area contributed by atoms with Gasteiger partial charge in [-0.3, -0.25) is 29.6 Å². The van der Waals surface area contributed by atoms with Crippen molar-refractivity contribution >= 4 is 17.7 Å². The molecular weight excluding hydrogens is 460 g/mol. The number of nitrogens with one attached hydrogen (secondary N) is 1. The number of ether oxygens (including phenoxy) is 2. The van der Waals surface area contributed by atoms with Crippen molar-refractivity contribution in [3.05, 3.63) is 53.9 Å². The van der Waals surface area contributed by atoms with Gasteiger partial charge in [0, 0.05) is 43.9 Å². The lowest BCUT2D eigenvalue weighted by Crippen LogP contribution is -2.62. The Morgan fingerprint density at radius 3 is 2.64 bits per heavy atom. The maximum Gasteiger partial charge on any atom is 0.255 e. The summed E-state index contributed by atoms with van der Waals surface area (Å²) in [7, 11) is 0. The number of aromatic nitrogens is 1. The molecule has 1 aliphatic carbocycles. The lowest BCUT2D eigenvalue weighted by molar-refractivity contribution is -0.136. The molecule has 2 saturated heterocycles. The van der Waals surface area contributed by atoms with Crippen LogP contribution in [-0.2, 0) is 16.1 Å². The first kappa shape index (κ1) is 23.0. The van der Waals surface area contributed by atoms with Gasteiger partial charge in [-0.25, -0.2) is 0 Å². The number of nitrogens with zero attached hydrogens (tertiary/aromatic N) is 3. The summed E-state index contributed by atoms with van der Waals surface area (Å²) in [6.07, 6.45) is 8.76. The first-order valence-electron chi connectivity index (χ1n) is 12.8. The van der Waals surface area contributed by atoms with Crippen LogP contribution in [0.2, 0.25) is 0 Å². The van der Waals surface area contributed by atoms with E-state index in [0.29, 0.717) is 24.6 Å². The van der Waals surface area contributed by atoms with Crippen molar-refractivity contribution in [3.63, 3.8) is 0 Å². The number of carbonyl (C=O) groups is 3. The van der Waals surface area contributed by atoms with E-state index in [0.717, 1.165) is 49.4 Å². The summed E-state index contributed by atoms with van der Waals surface area (Å²) in [5.41, 5.74) is 1.47. The highest BCUT2D eigenvalue weighted by Crippen LogP contribution is 2.34. The molecule has 1 saturated carbocycles. The average molecular weight is 491 g/mol. The molecule has 6 rings (SSSR count). The molecule has 9 heteroatoms. The minimum absolute atomic E-state index is 0.0829. The van der Waals surface area contributed by atoms with E-state index in [-0.39, 0.29) is 30.4 Å². The van der Waals surface area contributed by atoms with Gasteiger partial charge in [-0.15, -0.1) is 0 Å². The zero-order chi connectivity index (χ0) is 24.6. The van der Waals surface area contributed by atoms with Crippen molar-refractivity contribution in [3.8, 4) is 11.5 Å². The second kappa shape index (κ2) is 9.54. The van der Waals surface area contributed by atoms with Crippen molar-refractivity contribution in [1.82, 2.24) is 20.1 Å². The van der Waals surface area contributed by atoms with Crippen LogP contribution in [-0.4, -0.2) is 69.9 Å². The SMILES string of the molecule is O=C1CCC(N2Cc3cc(O[C@H]4CCCC[C@@H]4N4CC(Oc5cccnc5)C4)ccc3C2=O)C(=O)N1. The predicted molar refractivity (Wildman–Crippen MR) is 129 cm³/mol. The summed E-state index contributed by atoms with van der Waals surface area (Å²) in [6, 6.07) is 9.15. The summed E-state index contributed by atoms with van der Waals surface area (Å²) in [6.45, 7) is 2.10. The minimum atomic E-state index is -0.608. The molecule has 1 N–H and O–H groups in total. The summed E-state index contributed by atoms with van der Waals surface area (Å²) in [4.78, 5) is 44.9. The zero-order valence-electron chi connectivity index (χ0n) is 20.1. The Morgan fingerprint density at radius 1 is 0.972 bits per heavy atom. The molecule has 4 heterocycles. The highest BCUT2D eigenvalue weighted by molar-refractivity contribution is 6.05. The van der Waals surface area contributed by atoms with Crippen molar-refractivity contribution in [2.24, 2.45) is 0 Å². The van der Waals surface area contributed by atoms with Gasteiger partial charge in [-0.1, -0.05) is 6.42 Å². The monoisotopic (exact) mass is 490 g/mol. The van der Waals surface area contributed by atoms with Gasteiger partial charge >= 0.3 is 0 Å². The van der Waals surface area contributed by atoms with Crippen molar-refractivity contribution in [1.29, 1.82) is 0 Å². The number of benzene rings is 1. The molecule has 188 valence electrons. The summed E-state index contributed by atoms with van der Waals surface area (Å²) >= 11 is 0. The molecule has 4 aliphatic rings. The van der Waals surface area contributed by atoms with E-state index in [2.05, 4.69) is 15.2 Å². The standard InChI is InChI=1S/C27H30N4O5/c32-25-10-9-23(26(33)29-25)31-14-17-12-18(7-8-21(17)27(31)34)36-24-6-2-1-5-22(24)30-15-20(16-30)35-19-4-3-11-28-13-19/h3-4,7-8,11-13,20,22-24H,1-2,5-6,9-10,14-16H2,(H,29,32,33)/t22-,23?,24-/m0/s1. The van der Waals surface area contributed by atoms with Crippen molar-refractivity contribution in [2.45, 2.75) is 69.4 Å². The van der Waals surface area contributed by atoms with Gasteiger partial charge in [0.2, 0.25) is 11.8 Å². The van der Waals surface area contributed by atoms with Crippen molar-refractivity contribution < 1.29 is 23.9 Å². The first-order chi connectivity index (χ1) is 17.5. The van der Waals surface area contributed by atoms with E-state index in [4.69, 9.17) is 9.47 Å². The molecule has 3 fully saturated rings. The van der Waals surface area contributed by atoms with Gasteiger partial charge in [-0.2, -0.15) is 0 Å². The molecule has 0 spiro atoms. The number of fused-ring (bicyclic) bond motifs is 1. The highest BCUT2D eigenvalue weighted by Gasteiger charge is 2.41. The van der Waals surface area contributed by atoms with Crippen LogP contribution in [0.5, 0.6) is 11.5 Å². The topological polar surface area (TPSA) is 101 Å². The van der Waals surface area contributed by atoms with E-state index < -0.39 is 11.9 Å². The molecule has 3 atom stereocenters. The molecule has 3 amide bonds. The normalized spacial score (nSPS) is 26.8. The van der Waals surface area contributed by atoms with Crippen LogP contribution in [0.3, 0.4) is 0 Å². The van der Waals surface area contributed by atoms with Gasteiger partial charge in [-0.05, 0) is 61.6 Å². The van der Waals surface area contributed by atoms with Crippen molar-refractivity contribution in [2.75, 3.05) is 13.1 Å². The zero-order valence-corrected chi connectivity index (χ0v) is 20.1. The molecule has 0 bridgehead atoms. The van der Waals surface area contributed by atoms with E-state index in [9.17, 15) is 14.4 Å². The summed E-state index contributed by atoms with van der Waals surface area (Å²) in [5, 5.41) is 2.35. The van der Waals surface area contributed by atoms with Crippen LogP contribution < -0.4 is 14.8 Å². The second-order valence-corrected chi connectivity index (χ2v) is 10.1. The highest BCUT2D eigenvalue weighted by atomic mass is 16.5. The molecule has 3 aliphatic heterocycles. The number of rotatable bonds is 6. The Morgan fingerprint density at radius 2 is 1.83 bits per heavy atom. The fourth-order valence-corrected chi connectivity index (χ4v) is 5.86. The lowest BCUT2D eigenvalue weighted by Gasteiger charge is -2.47. The Kier molecular flexibility index (Phi) is 6.08. The first-order valence-corrected chi connectivity index (χ1v) is 12.8. The van der Waals surface area contributed by atoms with Crippen LogP contribution in [0.25, 0.3) is 0 Å². The lowest BCUT2D eigenvalue weighted by atomic mass is 9.89. The largest absolute Gasteiger partial charge is 0.489 e. The fraction of sp³-hybridized carbons (Fsp3) is 0.481.